The molecule has 0 spiro atoms. The summed E-state index contributed by atoms with van der Waals surface area (Å²) in [5.41, 5.74) is 0.636. The van der Waals surface area contributed by atoms with Gasteiger partial charge in [0, 0.05) is 6.54 Å². The zero-order valence-electron chi connectivity index (χ0n) is 11.9. The van der Waals surface area contributed by atoms with Gasteiger partial charge >= 0.3 is 0 Å². The lowest BCUT2D eigenvalue weighted by Gasteiger charge is -2.23. The van der Waals surface area contributed by atoms with Gasteiger partial charge in [-0.15, -0.1) is 0 Å². The van der Waals surface area contributed by atoms with Crippen molar-refractivity contribution < 1.29 is 23.6 Å². The summed E-state index contributed by atoms with van der Waals surface area (Å²) in [5, 5.41) is 13.5. The molecule has 1 N–H and O–H groups in total. The molecule has 1 amide bonds. The summed E-state index contributed by atoms with van der Waals surface area (Å²) in [6, 6.07) is 6.99. The number of rotatable bonds is 3. The van der Waals surface area contributed by atoms with Gasteiger partial charge in [-0.3, -0.25) is 4.79 Å². The van der Waals surface area contributed by atoms with Gasteiger partial charge in [0.2, 0.25) is 5.76 Å². The van der Waals surface area contributed by atoms with Crippen molar-refractivity contribution in [2.45, 2.75) is 18.6 Å². The third-order valence-corrected chi connectivity index (χ3v) is 3.68. The Hall–Kier alpha value is -2.41. The second-order valence-electron chi connectivity index (χ2n) is 5.15. The highest BCUT2D eigenvalue weighted by Gasteiger charge is 2.37. The molecule has 7 heteroatoms. The second-order valence-corrected chi connectivity index (χ2v) is 5.15. The maximum atomic E-state index is 13.4. The van der Waals surface area contributed by atoms with Crippen LogP contribution in [0.15, 0.2) is 34.9 Å². The Morgan fingerprint density at radius 3 is 3.00 bits per heavy atom. The average molecular weight is 306 g/mol. The van der Waals surface area contributed by atoms with Gasteiger partial charge in [0.05, 0.1) is 25.3 Å². The summed E-state index contributed by atoms with van der Waals surface area (Å²) < 4.78 is 23.2. The number of nitrogens with zero attached hydrogens (tertiary/aromatic N) is 2. The SMILES string of the molecule is COc1cc(C(=O)N2C[C@@H](O)C[C@@H]2c2cccc(F)c2)on1. The minimum atomic E-state index is -0.665. The molecule has 0 saturated carbocycles. The Bertz CT molecular complexity index is 688. The standard InChI is InChI=1S/C15H15FN2O4/c1-21-14-7-13(22-17-14)15(20)18-8-11(19)6-12(18)9-3-2-4-10(16)5-9/h2-5,7,11-12,19H,6,8H2,1H3/t11-,12+/m0/s1. The highest BCUT2D eigenvalue weighted by molar-refractivity contribution is 5.92. The van der Waals surface area contributed by atoms with E-state index in [9.17, 15) is 14.3 Å². The molecule has 3 rings (SSSR count). The highest BCUT2D eigenvalue weighted by Crippen LogP contribution is 2.34. The van der Waals surface area contributed by atoms with Crippen LogP contribution in [-0.4, -0.2) is 40.8 Å². The van der Waals surface area contributed by atoms with Crippen LogP contribution in [0.5, 0.6) is 5.88 Å². The van der Waals surface area contributed by atoms with Crippen molar-refractivity contribution in [1.29, 1.82) is 0 Å². The van der Waals surface area contributed by atoms with E-state index in [-0.39, 0.29) is 24.0 Å². The summed E-state index contributed by atoms with van der Waals surface area (Å²) in [7, 11) is 1.42. The van der Waals surface area contributed by atoms with Crippen molar-refractivity contribution in [2.75, 3.05) is 13.7 Å². The minimum Gasteiger partial charge on any atom is -0.479 e. The first-order chi connectivity index (χ1) is 10.6. The number of aromatic nitrogens is 1. The van der Waals surface area contributed by atoms with E-state index in [1.807, 2.05) is 0 Å². The number of aliphatic hydroxyl groups excluding tert-OH is 1. The van der Waals surface area contributed by atoms with Gasteiger partial charge in [0.1, 0.15) is 5.82 Å². The Kier molecular flexibility index (Phi) is 3.81. The Labute approximate surface area is 126 Å². The van der Waals surface area contributed by atoms with Crippen molar-refractivity contribution in [3.8, 4) is 5.88 Å². The van der Waals surface area contributed by atoms with Gasteiger partial charge in [0.25, 0.3) is 11.8 Å². The molecular weight excluding hydrogens is 291 g/mol. The summed E-state index contributed by atoms with van der Waals surface area (Å²) in [6.07, 6.45) is -0.317. The van der Waals surface area contributed by atoms with Gasteiger partial charge in [-0.1, -0.05) is 12.1 Å². The van der Waals surface area contributed by atoms with E-state index in [0.717, 1.165) is 0 Å². The van der Waals surface area contributed by atoms with Crippen molar-refractivity contribution >= 4 is 5.91 Å². The lowest BCUT2D eigenvalue weighted by Crippen LogP contribution is -2.31. The highest BCUT2D eigenvalue weighted by atomic mass is 19.1. The Balaban J connectivity index is 1.88. The zero-order chi connectivity index (χ0) is 15.7. The fraction of sp³-hybridized carbons (Fsp3) is 0.333. The summed E-state index contributed by atoms with van der Waals surface area (Å²) in [4.78, 5) is 14.0. The predicted molar refractivity (Wildman–Crippen MR) is 73.9 cm³/mol. The number of ether oxygens (including phenoxy) is 1. The van der Waals surface area contributed by atoms with Crippen molar-refractivity contribution in [3.05, 3.63) is 47.5 Å². The van der Waals surface area contributed by atoms with Gasteiger partial charge < -0.3 is 19.3 Å². The quantitative estimate of drug-likeness (QED) is 0.935. The number of β-amino-alcohol motifs (C(OH)–C–C–N with tert-alkyl or cyclic N) is 1. The third kappa shape index (κ3) is 2.67. The number of likely N-dealkylation sites (tertiary alicyclic amines) is 1. The third-order valence-electron chi connectivity index (χ3n) is 3.68. The monoisotopic (exact) mass is 306 g/mol. The van der Waals surface area contributed by atoms with E-state index < -0.39 is 18.1 Å². The summed E-state index contributed by atoms with van der Waals surface area (Å²) in [6.45, 7) is 0.156. The molecule has 0 unspecified atom stereocenters. The molecule has 2 heterocycles. The average Bonchev–Trinajstić information content (AvgIpc) is 3.13. The summed E-state index contributed by atoms with van der Waals surface area (Å²) >= 11 is 0. The minimum absolute atomic E-state index is 0.0207. The molecular formula is C15H15FN2O4. The number of carbonyl (C=O) groups excluding carboxylic acids is 1. The number of halogens is 1. The first kappa shape index (κ1) is 14.5. The molecule has 116 valence electrons. The van der Waals surface area contributed by atoms with Crippen molar-refractivity contribution in [3.63, 3.8) is 0 Å². The van der Waals surface area contributed by atoms with Crippen LogP contribution in [0.25, 0.3) is 0 Å². The fourth-order valence-corrected chi connectivity index (χ4v) is 2.67. The molecule has 22 heavy (non-hydrogen) atoms. The number of aliphatic hydroxyl groups is 1. The number of hydrogen-bond acceptors (Lipinski definition) is 5. The van der Waals surface area contributed by atoms with Gasteiger partial charge in [0.15, 0.2) is 0 Å². The molecule has 1 aromatic heterocycles. The topological polar surface area (TPSA) is 75.8 Å². The molecule has 1 fully saturated rings. The molecule has 1 aliphatic heterocycles. The van der Waals surface area contributed by atoms with E-state index in [1.165, 1.54) is 30.2 Å². The maximum absolute atomic E-state index is 13.4. The van der Waals surface area contributed by atoms with E-state index in [1.54, 1.807) is 12.1 Å². The van der Waals surface area contributed by atoms with Crippen LogP contribution in [0.2, 0.25) is 0 Å². The van der Waals surface area contributed by atoms with Crippen molar-refractivity contribution in [1.82, 2.24) is 10.1 Å². The molecule has 0 bridgehead atoms. The largest absolute Gasteiger partial charge is 0.479 e. The van der Waals surface area contributed by atoms with Crippen LogP contribution < -0.4 is 4.74 Å². The zero-order valence-corrected chi connectivity index (χ0v) is 11.9. The van der Waals surface area contributed by atoms with Gasteiger partial charge in [-0.25, -0.2) is 4.39 Å². The normalized spacial score (nSPS) is 21.1. The first-order valence-corrected chi connectivity index (χ1v) is 6.83. The number of benzene rings is 1. The molecule has 2 atom stereocenters. The fourth-order valence-electron chi connectivity index (χ4n) is 2.67. The molecule has 1 aliphatic rings. The van der Waals surface area contributed by atoms with E-state index in [2.05, 4.69) is 5.16 Å². The lowest BCUT2D eigenvalue weighted by atomic mass is 10.0. The molecule has 0 radical (unpaired) electrons. The van der Waals surface area contributed by atoms with Crippen LogP contribution >= 0.6 is 0 Å². The smallest absolute Gasteiger partial charge is 0.293 e. The van der Waals surface area contributed by atoms with Gasteiger partial charge in [-0.2, -0.15) is 0 Å². The van der Waals surface area contributed by atoms with Gasteiger partial charge in [-0.05, 0) is 29.3 Å². The maximum Gasteiger partial charge on any atom is 0.293 e. The van der Waals surface area contributed by atoms with Crippen LogP contribution in [0, 0.1) is 5.82 Å². The van der Waals surface area contributed by atoms with Crippen LogP contribution in [0.4, 0.5) is 4.39 Å². The number of methoxy groups -OCH3 is 1. The number of amides is 1. The van der Waals surface area contributed by atoms with E-state index in [4.69, 9.17) is 9.26 Å². The number of hydrogen-bond donors (Lipinski definition) is 1. The summed E-state index contributed by atoms with van der Waals surface area (Å²) in [5.74, 6) is -0.577. The molecule has 0 aliphatic carbocycles. The Morgan fingerprint density at radius 2 is 2.32 bits per heavy atom. The van der Waals surface area contributed by atoms with Crippen LogP contribution in [0.3, 0.4) is 0 Å². The lowest BCUT2D eigenvalue weighted by molar-refractivity contribution is 0.0673. The van der Waals surface area contributed by atoms with Crippen LogP contribution in [-0.2, 0) is 0 Å². The molecule has 1 saturated heterocycles. The second kappa shape index (κ2) is 5.76. The van der Waals surface area contributed by atoms with E-state index >= 15 is 0 Å². The molecule has 1 aromatic carbocycles. The molecule has 2 aromatic rings. The van der Waals surface area contributed by atoms with Crippen LogP contribution in [0.1, 0.15) is 28.6 Å². The van der Waals surface area contributed by atoms with E-state index in [0.29, 0.717) is 12.0 Å². The first-order valence-electron chi connectivity index (χ1n) is 6.83. The molecule has 6 nitrogen and oxygen atoms in total. The Morgan fingerprint density at radius 1 is 1.50 bits per heavy atom. The van der Waals surface area contributed by atoms with Crippen molar-refractivity contribution in [2.24, 2.45) is 0 Å². The number of carbonyl (C=O) groups is 1. The predicted octanol–water partition coefficient (Wildman–Crippen LogP) is 1.77.